The highest BCUT2D eigenvalue weighted by Crippen LogP contribution is 2.10. The molecule has 0 aromatic carbocycles. The lowest BCUT2D eigenvalue weighted by Gasteiger charge is -2.06. The fourth-order valence-corrected chi connectivity index (χ4v) is 0.983. The van der Waals surface area contributed by atoms with Crippen LogP contribution in [0, 0.1) is 12.3 Å². The Morgan fingerprint density at radius 1 is 1.73 bits per heavy atom. The normalized spacial score (nSPS) is 9.07. The van der Waals surface area contributed by atoms with Crippen molar-refractivity contribution in [2.45, 2.75) is 6.42 Å². The molecule has 0 aliphatic heterocycles. The van der Waals surface area contributed by atoms with Gasteiger partial charge in [-0.05, 0) is 0 Å². The summed E-state index contributed by atoms with van der Waals surface area (Å²) in [7, 11) is 1.31. The van der Waals surface area contributed by atoms with Gasteiger partial charge >= 0.3 is 5.97 Å². The van der Waals surface area contributed by atoms with E-state index in [1.165, 1.54) is 19.6 Å². The molecule has 0 saturated carbocycles. The van der Waals surface area contributed by atoms with E-state index < -0.39 is 5.97 Å². The Bertz CT molecular complexity index is 384. The minimum Gasteiger partial charge on any atom is -0.465 e. The number of rotatable bonds is 4. The van der Waals surface area contributed by atoms with E-state index in [1.54, 1.807) is 0 Å². The van der Waals surface area contributed by atoms with Crippen molar-refractivity contribution in [2.24, 2.45) is 0 Å². The van der Waals surface area contributed by atoms with E-state index in [4.69, 9.17) is 6.42 Å². The fourth-order valence-electron chi connectivity index (χ4n) is 0.983. The van der Waals surface area contributed by atoms with Gasteiger partial charge < -0.3 is 10.1 Å². The minimum absolute atomic E-state index is 0.303. The highest BCUT2D eigenvalue weighted by Gasteiger charge is 2.12. The van der Waals surface area contributed by atoms with Crippen molar-refractivity contribution in [3.63, 3.8) is 0 Å². The summed E-state index contributed by atoms with van der Waals surface area (Å²) in [4.78, 5) is 19.0. The minimum atomic E-state index is -0.473. The van der Waals surface area contributed by atoms with Gasteiger partial charge in [0.2, 0.25) is 0 Å². The standard InChI is InChI=1S/C10H11N3O2/c1-3-4-5-12-9-8(10(14)15-2)6-11-7-13-9/h1,6-7H,4-5H2,2H3,(H,11,12,13). The van der Waals surface area contributed by atoms with Crippen LogP contribution in [0.5, 0.6) is 0 Å². The first-order valence-electron chi connectivity index (χ1n) is 4.35. The molecular formula is C10H11N3O2. The largest absolute Gasteiger partial charge is 0.465 e. The molecule has 0 saturated heterocycles. The lowest BCUT2D eigenvalue weighted by Crippen LogP contribution is -2.11. The van der Waals surface area contributed by atoms with Gasteiger partial charge in [0.15, 0.2) is 0 Å². The predicted molar refractivity (Wildman–Crippen MR) is 55.3 cm³/mol. The van der Waals surface area contributed by atoms with E-state index in [1.807, 2.05) is 0 Å². The average Bonchev–Trinajstić information content (AvgIpc) is 2.29. The van der Waals surface area contributed by atoms with E-state index in [-0.39, 0.29) is 0 Å². The van der Waals surface area contributed by atoms with Crippen molar-refractivity contribution >= 4 is 11.8 Å². The molecule has 5 nitrogen and oxygen atoms in total. The molecule has 1 heterocycles. The number of carbonyl (C=O) groups is 1. The third-order valence-corrected chi connectivity index (χ3v) is 1.68. The van der Waals surface area contributed by atoms with Gasteiger partial charge in [0.25, 0.3) is 0 Å². The van der Waals surface area contributed by atoms with Crippen LogP contribution in [0.15, 0.2) is 12.5 Å². The van der Waals surface area contributed by atoms with Crippen molar-refractivity contribution in [3.8, 4) is 12.3 Å². The predicted octanol–water partition coefficient (Wildman–Crippen LogP) is 0.698. The van der Waals surface area contributed by atoms with Crippen LogP contribution in [-0.2, 0) is 4.74 Å². The number of esters is 1. The highest BCUT2D eigenvalue weighted by atomic mass is 16.5. The van der Waals surface area contributed by atoms with Crippen LogP contribution >= 0.6 is 0 Å². The molecular weight excluding hydrogens is 194 g/mol. The summed E-state index contributed by atoms with van der Waals surface area (Å²) in [6, 6.07) is 0. The Kier molecular flexibility index (Phi) is 4.10. The molecule has 1 rings (SSSR count). The van der Waals surface area contributed by atoms with Crippen molar-refractivity contribution < 1.29 is 9.53 Å². The molecule has 5 heteroatoms. The van der Waals surface area contributed by atoms with Gasteiger partial charge in [0.05, 0.1) is 7.11 Å². The number of terminal acetylenes is 1. The fraction of sp³-hybridized carbons (Fsp3) is 0.300. The number of nitrogens with one attached hydrogen (secondary N) is 1. The number of aromatic nitrogens is 2. The summed E-state index contributed by atoms with van der Waals surface area (Å²) < 4.78 is 4.58. The van der Waals surface area contributed by atoms with E-state index in [9.17, 15) is 4.79 Å². The number of anilines is 1. The van der Waals surface area contributed by atoms with E-state index >= 15 is 0 Å². The Balaban J connectivity index is 2.78. The molecule has 0 unspecified atom stereocenters. The third kappa shape index (κ3) is 2.95. The zero-order valence-electron chi connectivity index (χ0n) is 8.36. The van der Waals surface area contributed by atoms with E-state index in [2.05, 4.69) is 25.9 Å². The molecule has 0 aliphatic carbocycles. The van der Waals surface area contributed by atoms with Gasteiger partial charge in [-0.25, -0.2) is 14.8 Å². The third-order valence-electron chi connectivity index (χ3n) is 1.68. The Labute approximate surface area is 87.9 Å². The van der Waals surface area contributed by atoms with Crippen LogP contribution in [0.25, 0.3) is 0 Å². The quantitative estimate of drug-likeness (QED) is 0.445. The topological polar surface area (TPSA) is 64.1 Å². The van der Waals surface area contributed by atoms with E-state index in [0.717, 1.165) is 0 Å². The lowest BCUT2D eigenvalue weighted by molar-refractivity contribution is 0.0601. The molecule has 0 radical (unpaired) electrons. The summed E-state index contributed by atoms with van der Waals surface area (Å²) >= 11 is 0. The molecule has 1 aromatic heterocycles. The number of hydrogen-bond acceptors (Lipinski definition) is 5. The number of methoxy groups -OCH3 is 1. The average molecular weight is 205 g/mol. The zero-order chi connectivity index (χ0) is 11.1. The molecule has 0 spiro atoms. The van der Waals surface area contributed by atoms with Crippen LogP contribution in [0.3, 0.4) is 0 Å². The van der Waals surface area contributed by atoms with Crippen molar-refractivity contribution in [1.82, 2.24) is 9.97 Å². The van der Waals surface area contributed by atoms with Crippen molar-refractivity contribution in [2.75, 3.05) is 19.0 Å². The van der Waals surface area contributed by atoms with Crippen molar-refractivity contribution in [1.29, 1.82) is 0 Å². The second kappa shape index (κ2) is 5.60. The van der Waals surface area contributed by atoms with Gasteiger partial charge in [0, 0.05) is 19.2 Å². The van der Waals surface area contributed by atoms with E-state index in [0.29, 0.717) is 24.3 Å². The summed E-state index contributed by atoms with van der Waals surface area (Å²) in [5, 5.41) is 2.93. The number of ether oxygens (including phenoxy) is 1. The Morgan fingerprint density at radius 3 is 3.20 bits per heavy atom. The maximum Gasteiger partial charge on any atom is 0.343 e. The highest BCUT2D eigenvalue weighted by molar-refractivity contribution is 5.94. The Morgan fingerprint density at radius 2 is 2.53 bits per heavy atom. The molecule has 1 aromatic rings. The second-order valence-corrected chi connectivity index (χ2v) is 2.66. The Hall–Kier alpha value is -2.09. The first kappa shape index (κ1) is 11.0. The molecule has 0 fully saturated rings. The molecule has 0 atom stereocenters. The summed E-state index contributed by atoms with van der Waals surface area (Å²) in [5.41, 5.74) is 0.303. The summed E-state index contributed by atoms with van der Waals surface area (Å²) in [6.45, 7) is 0.553. The zero-order valence-corrected chi connectivity index (χ0v) is 8.36. The second-order valence-electron chi connectivity index (χ2n) is 2.66. The maximum absolute atomic E-state index is 11.3. The monoisotopic (exact) mass is 205 g/mol. The van der Waals surface area contributed by atoms with Gasteiger partial charge in [0.1, 0.15) is 17.7 Å². The van der Waals surface area contributed by atoms with Crippen LogP contribution in [0.4, 0.5) is 5.82 Å². The molecule has 0 aliphatic rings. The van der Waals surface area contributed by atoms with Crippen LogP contribution in [0.1, 0.15) is 16.8 Å². The van der Waals surface area contributed by atoms with Gasteiger partial charge in [-0.3, -0.25) is 0 Å². The number of nitrogens with zero attached hydrogens (tertiary/aromatic N) is 2. The maximum atomic E-state index is 11.3. The van der Waals surface area contributed by atoms with Crippen molar-refractivity contribution in [3.05, 3.63) is 18.1 Å². The first-order valence-corrected chi connectivity index (χ1v) is 4.35. The summed E-state index contributed by atoms with van der Waals surface area (Å²) in [6.07, 6.45) is 8.41. The number of hydrogen-bond donors (Lipinski definition) is 1. The summed E-state index contributed by atoms with van der Waals surface area (Å²) in [5.74, 6) is 2.44. The van der Waals surface area contributed by atoms with Gasteiger partial charge in [-0.1, -0.05) is 0 Å². The van der Waals surface area contributed by atoms with Crippen LogP contribution in [-0.4, -0.2) is 29.6 Å². The SMILES string of the molecule is C#CCCNc1ncncc1C(=O)OC. The molecule has 15 heavy (non-hydrogen) atoms. The molecule has 0 bridgehead atoms. The number of carbonyl (C=O) groups excluding carboxylic acids is 1. The van der Waals surface area contributed by atoms with Gasteiger partial charge in [-0.2, -0.15) is 0 Å². The van der Waals surface area contributed by atoms with Crippen LogP contribution < -0.4 is 5.32 Å². The molecule has 1 N–H and O–H groups in total. The smallest absolute Gasteiger partial charge is 0.343 e. The molecule has 78 valence electrons. The van der Waals surface area contributed by atoms with Gasteiger partial charge in [-0.15, -0.1) is 12.3 Å². The molecule has 0 amide bonds. The lowest BCUT2D eigenvalue weighted by atomic mass is 10.3. The van der Waals surface area contributed by atoms with Crippen LogP contribution in [0.2, 0.25) is 0 Å². The first-order chi connectivity index (χ1) is 7.29.